The summed E-state index contributed by atoms with van der Waals surface area (Å²) >= 11 is 0. The van der Waals surface area contributed by atoms with Crippen molar-refractivity contribution in [1.29, 1.82) is 0 Å². The Balaban J connectivity index is 2.03. The molecule has 1 heterocycles. The van der Waals surface area contributed by atoms with Crippen LogP contribution < -0.4 is 5.32 Å². The van der Waals surface area contributed by atoms with E-state index in [9.17, 15) is 0 Å². The standard InChI is InChI=1S/C13H29N3/c1-5-13(2,3)14-7-6-8-16-11-9-15(4)10-12-16/h14H,5-12H2,1-4H3. The van der Waals surface area contributed by atoms with Gasteiger partial charge < -0.3 is 15.1 Å². The summed E-state index contributed by atoms with van der Waals surface area (Å²) in [4.78, 5) is 5.00. The molecule has 0 aromatic heterocycles. The third kappa shape index (κ3) is 5.28. The molecule has 0 saturated carbocycles. The van der Waals surface area contributed by atoms with Crippen LogP contribution in [0.5, 0.6) is 0 Å². The monoisotopic (exact) mass is 227 g/mol. The van der Waals surface area contributed by atoms with Gasteiger partial charge in [-0.1, -0.05) is 6.92 Å². The fourth-order valence-electron chi connectivity index (χ4n) is 1.93. The van der Waals surface area contributed by atoms with E-state index < -0.39 is 0 Å². The lowest BCUT2D eigenvalue weighted by molar-refractivity contribution is 0.151. The van der Waals surface area contributed by atoms with Crippen LogP contribution in [0.3, 0.4) is 0 Å². The minimum Gasteiger partial charge on any atom is -0.312 e. The predicted octanol–water partition coefficient (Wildman–Crippen LogP) is 1.40. The topological polar surface area (TPSA) is 18.5 Å². The summed E-state index contributed by atoms with van der Waals surface area (Å²) in [7, 11) is 2.21. The molecule has 3 nitrogen and oxygen atoms in total. The van der Waals surface area contributed by atoms with E-state index in [0.29, 0.717) is 5.54 Å². The van der Waals surface area contributed by atoms with Crippen LogP contribution in [0.25, 0.3) is 0 Å². The highest BCUT2D eigenvalue weighted by Crippen LogP contribution is 2.06. The van der Waals surface area contributed by atoms with Crippen molar-refractivity contribution in [2.24, 2.45) is 0 Å². The highest BCUT2D eigenvalue weighted by atomic mass is 15.2. The molecule has 0 spiro atoms. The number of likely N-dealkylation sites (N-methyl/N-ethyl adjacent to an activating group) is 1. The molecule has 1 N–H and O–H groups in total. The summed E-state index contributed by atoms with van der Waals surface area (Å²) in [6.45, 7) is 14.1. The quantitative estimate of drug-likeness (QED) is 0.692. The number of nitrogens with zero attached hydrogens (tertiary/aromatic N) is 2. The predicted molar refractivity (Wildman–Crippen MR) is 70.9 cm³/mol. The van der Waals surface area contributed by atoms with Crippen LogP contribution in [-0.4, -0.2) is 61.7 Å². The molecular weight excluding hydrogens is 198 g/mol. The summed E-state index contributed by atoms with van der Waals surface area (Å²) in [5.41, 5.74) is 0.308. The van der Waals surface area contributed by atoms with Crippen molar-refractivity contribution >= 4 is 0 Å². The van der Waals surface area contributed by atoms with E-state index in [1.54, 1.807) is 0 Å². The zero-order valence-electron chi connectivity index (χ0n) is 11.6. The average molecular weight is 227 g/mol. The maximum Gasteiger partial charge on any atom is 0.0122 e. The minimum atomic E-state index is 0.308. The van der Waals surface area contributed by atoms with Gasteiger partial charge in [0.2, 0.25) is 0 Å². The molecule has 1 aliphatic heterocycles. The first kappa shape index (κ1) is 13.9. The molecular formula is C13H29N3. The lowest BCUT2D eigenvalue weighted by atomic mass is 10.0. The van der Waals surface area contributed by atoms with Crippen molar-refractivity contribution in [3.63, 3.8) is 0 Å². The van der Waals surface area contributed by atoms with E-state index in [0.717, 1.165) is 6.54 Å². The Kier molecular flexibility index (Phi) is 5.73. The smallest absolute Gasteiger partial charge is 0.0122 e. The number of piperazine rings is 1. The molecule has 1 saturated heterocycles. The average Bonchev–Trinajstić information content (AvgIpc) is 2.27. The largest absolute Gasteiger partial charge is 0.312 e. The molecule has 0 aromatic rings. The molecule has 0 bridgehead atoms. The Morgan fingerprint density at radius 1 is 1.12 bits per heavy atom. The molecule has 1 fully saturated rings. The summed E-state index contributed by atoms with van der Waals surface area (Å²) in [5, 5.41) is 3.62. The van der Waals surface area contributed by atoms with Crippen molar-refractivity contribution in [2.45, 2.75) is 39.2 Å². The van der Waals surface area contributed by atoms with Gasteiger partial charge >= 0.3 is 0 Å². The maximum absolute atomic E-state index is 3.62. The van der Waals surface area contributed by atoms with Gasteiger partial charge in [-0.2, -0.15) is 0 Å². The molecule has 3 heteroatoms. The van der Waals surface area contributed by atoms with Crippen molar-refractivity contribution in [3.05, 3.63) is 0 Å². The van der Waals surface area contributed by atoms with Crippen molar-refractivity contribution < 1.29 is 0 Å². The molecule has 0 radical (unpaired) electrons. The van der Waals surface area contributed by atoms with Gasteiger partial charge in [0.05, 0.1) is 0 Å². The SMILES string of the molecule is CCC(C)(C)NCCCN1CCN(C)CC1. The van der Waals surface area contributed by atoms with Gasteiger partial charge in [-0.25, -0.2) is 0 Å². The molecule has 1 aliphatic rings. The van der Waals surface area contributed by atoms with E-state index in [-0.39, 0.29) is 0 Å². The van der Waals surface area contributed by atoms with Crippen LogP contribution in [-0.2, 0) is 0 Å². The first-order valence-corrected chi connectivity index (χ1v) is 6.69. The Hall–Kier alpha value is -0.120. The Morgan fingerprint density at radius 2 is 1.75 bits per heavy atom. The minimum absolute atomic E-state index is 0.308. The van der Waals surface area contributed by atoms with Crippen LogP contribution in [0.2, 0.25) is 0 Å². The zero-order valence-corrected chi connectivity index (χ0v) is 11.6. The van der Waals surface area contributed by atoms with Gasteiger partial charge in [0, 0.05) is 31.7 Å². The van der Waals surface area contributed by atoms with E-state index in [1.165, 1.54) is 45.6 Å². The van der Waals surface area contributed by atoms with Crippen molar-refractivity contribution in [3.8, 4) is 0 Å². The first-order valence-electron chi connectivity index (χ1n) is 6.69. The van der Waals surface area contributed by atoms with Crippen LogP contribution >= 0.6 is 0 Å². The number of rotatable bonds is 6. The van der Waals surface area contributed by atoms with Gasteiger partial charge in [0.25, 0.3) is 0 Å². The number of hydrogen-bond donors (Lipinski definition) is 1. The van der Waals surface area contributed by atoms with Crippen LogP contribution in [0.1, 0.15) is 33.6 Å². The Labute approximate surface area is 101 Å². The number of nitrogens with one attached hydrogen (secondary N) is 1. The molecule has 16 heavy (non-hydrogen) atoms. The first-order chi connectivity index (χ1) is 7.53. The summed E-state index contributed by atoms with van der Waals surface area (Å²) in [6, 6.07) is 0. The lowest BCUT2D eigenvalue weighted by Gasteiger charge is -2.32. The normalized spacial score (nSPS) is 20.2. The van der Waals surface area contributed by atoms with Gasteiger partial charge in [-0.15, -0.1) is 0 Å². The van der Waals surface area contributed by atoms with Gasteiger partial charge in [0.1, 0.15) is 0 Å². The molecule has 0 unspecified atom stereocenters. The third-order valence-corrected chi connectivity index (χ3v) is 3.73. The fourth-order valence-corrected chi connectivity index (χ4v) is 1.93. The second-order valence-corrected chi connectivity index (χ2v) is 5.66. The molecule has 0 atom stereocenters. The molecule has 96 valence electrons. The van der Waals surface area contributed by atoms with Crippen LogP contribution in [0.4, 0.5) is 0 Å². The Bertz CT molecular complexity index is 184. The van der Waals surface area contributed by atoms with Crippen molar-refractivity contribution in [1.82, 2.24) is 15.1 Å². The Morgan fingerprint density at radius 3 is 2.31 bits per heavy atom. The van der Waals surface area contributed by atoms with E-state index in [1.807, 2.05) is 0 Å². The summed E-state index contributed by atoms with van der Waals surface area (Å²) in [6.07, 6.45) is 2.47. The molecule has 0 amide bonds. The van der Waals surface area contributed by atoms with E-state index in [2.05, 4.69) is 42.9 Å². The third-order valence-electron chi connectivity index (χ3n) is 3.73. The van der Waals surface area contributed by atoms with Gasteiger partial charge in [-0.05, 0) is 46.8 Å². The van der Waals surface area contributed by atoms with Crippen molar-refractivity contribution in [2.75, 3.05) is 46.3 Å². The molecule has 0 aromatic carbocycles. The molecule has 0 aliphatic carbocycles. The number of hydrogen-bond acceptors (Lipinski definition) is 3. The summed E-state index contributed by atoms with van der Waals surface area (Å²) in [5.74, 6) is 0. The summed E-state index contributed by atoms with van der Waals surface area (Å²) < 4.78 is 0. The fraction of sp³-hybridized carbons (Fsp3) is 1.00. The highest BCUT2D eigenvalue weighted by molar-refractivity contribution is 4.75. The van der Waals surface area contributed by atoms with Crippen LogP contribution in [0, 0.1) is 0 Å². The van der Waals surface area contributed by atoms with E-state index in [4.69, 9.17) is 0 Å². The molecule has 1 rings (SSSR count). The maximum atomic E-state index is 3.62. The second-order valence-electron chi connectivity index (χ2n) is 5.66. The zero-order chi connectivity index (χ0) is 12.0. The lowest BCUT2D eigenvalue weighted by Crippen LogP contribution is -2.45. The second kappa shape index (κ2) is 6.58. The van der Waals surface area contributed by atoms with Gasteiger partial charge in [-0.3, -0.25) is 0 Å². The van der Waals surface area contributed by atoms with E-state index >= 15 is 0 Å². The van der Waals surface area contributed by atoms with Crippen LogP contribution in [0.15, 0.2) is 0 Å². The highest BCUT2D eigenvalue weighted by Gasteiger charge is 2.15. The van der Waals surface area contributed by atoms with Gasteiger partial charge in [0.15, 0.2) is 0 Å².